The molecule has 19 heavy (non-hydrogen) atoms. The second-order valence-corrected chi connectivity index (χ2v) is 6.16. The molecule has 1 N–H and O–H groups in total. The Kier molecular flexibility index (Phi) is 3.29. The number of nitrogens with zero attached hydrogens (tertiary/aromatic N) is 1. The summed E-state index contributed by atoms with van der Waals surface area (Å²) in [6.07, 6.45) is 6.23. The molecule has 0 bridgehead atoms. The van der Waals surface area contributed by atoms with Crippen molar-refractivity contribution in [1.82, 2.24) is 9.55 Å². The van der Waals surface area contributed by atoms with Crippen molar-refractivity contribution in [2.45, 2.75) is 57.4 Å². The van der Waals surface area contributed by atoms with E-state index in [1.807, 2.05) is 0 Å². The van der Waals surface area contributed by atoms with Crippen molar-refractivity contribution in [3.8, 4) is 0 Å². The highest BCUT2D eigenvalue weighted by molar-refractivity contribution is 6.30. The van der Waals surface area contributed by atoms with Crippen LogP contribution in [0.3, 0.4) is 0 Å². The number of hydrogen-bond donors (Lipinski definition) is 1. The van der Waals surface area contributed by atoms with Crippen LogP contribution in [0.2, 0.25) is 5.15 Å². The van der Waals surface area contributed by atoms with Crippen LogP contribution < -0.4 is 11.2 Å². The molecule has 0 aromatic carbocycles. The van der Waals surface area contributed by atoms with E-state index in [4.69, 9.17) is 11.6 Å². The topological polar surface area (TPSA) is 54.9 Å². The van der Waals surface area contributed by atoms with E-state index in [0.717, 1.165) is 38.5 Å². The molecule has 4 nitrogen and oxygen atoms in total. The predicted molar refractivity (Wildman–Crippen MR) is 75.0 cm³/mol. The molecule has 0 amide bonds. The smallest absolute Gasteiger partial charge is 0.297 e. The molecule has 3 rings (SSSR count). The maximum Gasteiger partial charge on any atom is 0.329 e. The van der Waals surface area contributed by atoms with Crippen LogP contribution >= 0.6 is 11.6 Å². The van der Waals surface area contributed by atoms with Crippen LogP contribution in [-0.4, -0.2) is 9.55 Å². The third-order valence-corrected chi connectivity index (χ3v) is 4.92. The number of aromatic nitrogens is 2. The molecular weight excluding hydrogens is 264 g/mol. The van der Waals surface area contributed by atoms with Crippen molar-refractivity contribution >= 4 is 11.6 Å². The summed E-state index contributed by atoms with van der Waals surface area (Å²) in [5.41, 5.74) is 0.139. The summed E-state index contributed by atoms with van der Waals surface area (Å²) in [4.78, 5) is 27.3. The molecule has 2 saturated carbocycles. The first kappa shape index (κ1) is 13.0. The standard InChI is InChI=1S/C14H19ClN2O2/c1-2-8-7-10(8)17-13(18)11(9-5-3-4-6-9)12(15)16-14(17)19/h8-10H,2-7H2,1H3,(H,16,19). The van der Waals surface area contributed by atoms with E-state index in [2.05, 4.69) is 11.9 Å². The maximum absolute atomic E-state index is 12.6. The Labute approximate surface area is 116 Å². The average molecular weight is 283 g/mol. The van der Waals surface area contributed by atoms with Crippen LogP contribution in [0.15, 0.2) is 9.59 Å². The average Bonchev–Trinajstić information content (AvgIpc) is 2.92. The van der Waals surface area contributed by atoms with E-state index >= 15 is 0 Å². The molecule has 2 aliphatic carbocycles. The lowest BCUT2D eigenvalue weighted by Gasteiger charge is -2.13. The van der Waals surface area contributed by atoms with E-state index in [-0.39, 0.29) is 28.4 Å². The summed E-state index contributed by atoms with van der Waals surface area (Å²) in [7, 11) is 0. The van der Waals surface area contributed by atoms with Gasteiger partial charge in [0.05, 0.1) is 5.56 Å². The molecule has 2 fully saturated rings. The summed E-state index contributed by atoms with van der Waals surface area (Å²) in [6, 6.07) is 0.0821. The van der Waals surface area contributed by atoms with Crippen molar-refractivity contribution in [1.29, 1.82) is 0 Å². The van der Waals surface area contributed by atoms with Gasteiger partial charge in [-0.3, -0.25) is 14.3 Å². The minimum absolute atomic E-state index is 0.0821. The summed E-state index contributed by atoms with van der Waals surface area (Å²) >= 11 is 6.11. The summed E-state index contributed by atoms with van der Waals surface area (Å²) < 4.78 is 1.41. The number of rotatable bonds is 3. The molecule has 2 atom stereocenters. The summed E-state index contributed by atoms with van der Waals surface area (Å²) in [5.74, 6) is 0.693. The van der Waals surface area contributed by atoms with Gasteiger partial charge in [0.1, 0.15) is 5.15 Å². The van der Waals surface area contributed by atoms with Gasteiger partial charge in [-0.1, -0.05) is 37.8 Å². The van der Waals surface area contributed by atoms with Crippen molar-refractivity contribution in [3.05, 3.63) is 31.6 Å². The normalized spacial score (nSPS) is 26.8. The molecule has 1 aromatic heterocycles. The van der Waals surface area contributed by atoms with E-state index in [0.29, 0.717) is 11.5 Å². The molecule has 1 aromatic rings. The van der Waals surface area contributed by atoms with E-state index in [1.165, 1.54) is 4.57 Å². The van der Waals surface area contributed by atoms with Gasteiger partial charge >= 0.3 is 5.69 Å². The summed E-state index contributed by atoms with van der Waals surface area (Å²) in [6.45, 7) is 2.09. The van der Waals surface area contributed by atoms with Gasteiger partial charge in [0, 0.05) is 6.04 Å². The Balaban J connectivity index is 2.08. The number of nitrogens with one attached hydrogen (secondary N) is 1. The lowest BCUT2D eigenvalue weighted by Crippen LogP contribution is -2.37. The fourth-order valence-electron chi connectivity index (χ4n) is 3.39. The Bertz CT molecular complexity index is 598. The zero-order chi connectivity index (χ0) is 13.6. The first-order valence-electron chi connectivity index (χ1n) is 7.17. The lowest BCUT2D eigenvalue weighted by molar-refractivity contribution is 0.572. The van der Waals surface area contributed by atoms with Crippen LogP contribution in [0.4, 0.5) is 0 Å². The molecule has 0 saturated heterocycles. The van der Waals surface area contributed by atoms with Gasteiger partial charge in [0.15, 0.2) is 0 Å². The maximum atomic E-state index is 12.6. The van der Waals surface area contributed by atoms with Crippen LogP contribution in [0.1, 0.15) is 63.0 Å². The van der Waals surface area contributed by atoms with Crippen molar-refractivity contribution in [2.75, 3.05) is 0 Å². The Morgan fingerprint density at radius 1 is 1.32 bits per heavy atom. The van der Waals surface area contributed by atoms with Crippen molar-refractivity contribution < 1.29 is 0 Å². The zero-order valence-electron chi connectivity index (χ0n) is 11.1. The SMILES string of the molecule is CCC1CC1n1c(=O)[nH]c(Cl)c(C2CCCC2)c1=O. The molecule has 104 valence electrons. The second-order valence-electron chi connectivity index (χ2n) is 5.79. The van der Waals surface area contributed by atoms with Crippen LogP contribution in [0.25, 0.3) is 0 Å². The van der Waals surface area contributed by atoms with Crippen molar-refractivity contribution in [3.63, 3.8) is 0 Å². The van der Waals surface area contributed by atoms with Gasteiger partial charge < -0.3 is 0 Å². The molecule has 1 heterocycles. The quantitative estimate of drug-likeness (QED) is 0.867. The van der Waals surface area contributed by atoms with Crippen LogP contribution in [0.5, 0.6) is 0 Å². The highest BCUT2D eigenvalue weighted by atomic mass is 35.5. The fourth-order valence-corrected chi connectivity index (χ4v) is 3.71. The van der Waals surface area contributed by atoms with Gasteiger partial charge in [0.2, 0.25) is 0 Å². The Hall–Kier alpha value is -1.03. The van der Waals surface area contributed by atoms with Crippen LogP contribution in [-0.2, 0) is 0 Å². The van der Waals surface area contributed by atoms with E-state index in [9.17, 15) is 9.59 Å². The van der Waals surface area contributed by atoms with E-state index in [1.54, 1.807) is 0 Å². The highest BCUT2D eigenvalue weighted by Crippen LogP contribution is 2.44. The molecule has 0 spiro atoms. The monoisotopic (exact) mass is 282 g/mol. The molecule has 2 aliphatic rings. The largest absolute Gasteiger partial charge is 0.329 e. The number of H-pyrrole nitrogens is 1. The fraction of sp³-hybridized carbons (Fsp3) is 0.714. The Morgan fingerprint density at radius 2 is 2.00 bits per heavy atom. The van der Waals surface area contributed by atoms with Gasteiger partial charge in [-0.15, -0.1) is 0 Å². The molecular formula is C14H19ClN2O2. The lowest BCUT2D eigenvalue weighted by atomic mass is 10.0. The van der Waals surface area contributed by atoms with Gasteiger partial charge in [-0.25, -0.2) is 4.79 Å². The number of halogens is 1. The number of hydrogen-bond acceptors (Lipinski definition) is 2. The third kappa shape index (κ3) is 2.16. The first-order valence-corrected chi connectivity index (χ1v) is 7.55. The van der Waals surface area contributed by atoms with Crippen molar-refractivity contribution in [2.24, 2.45) is 5.92 Å². The third-order valence-electron chi connectivity index (χ3n) is 4.63. The molecule has 5 heteroatoms. The number of aromatic amines is 1. The molecule has 2 unspecified atom stereocenters. The van der Waals surface area contributed by atoms with Gasteiger partial charge in [-0.2, -0.15) is 0 Å². The Morgan fingerprint density at radius 3 is 2.58 bits per heavy atom. The van der Waals surface area contributed by atoms with Crippen LogP contribution in [0, 0.1) is 5.92 Å². The zero-order valence-corrected chi connectivity index (χ0v) is 11.9. The van der Waals surface area contributed by atoms with Gasteiger partial charge in [-0.05, 0) is 31.1 Å². The van der Waals surface area contributed by atoms with Gasteiger partial charge in [0.25, 0.3) is 5.56 Å². The molecule has 0 aliphatic heterocycles. The minimum Gasteiger partial charge on any atom is -0.297 e. The second kappa shape index (κ2) is 4.82. The summed E-state index contributed by atoms with van der Waals surface area (Å²) in [5, 5.41) is 0.256. The predicted octanol–water partition coefficient (Wildman–Crippen LogP) is 2.82. The van der Waals surface area contributed by atoms with E-state index < -0.39 is 0 Å². The molecule has 0 radical (unpaired) electrons. The highest BCUT2D eigenvalue weighted by Gasteiger charge is 2.40. The first-order chi connectivity index (χ1) is 9.13. The minimum atomic E-state index is -0.349.